The molecule has 32 heavy (non-hydrogen) atoms. The fourth-order valence-corrected chi connectivity index (χ4v) is 4.83. The molecule has 0 fully saturated rings. The predicted octanol–water partition coefficient (Wildman–Crippen LogP) is 8.21. The van der Waals surface area contributed by atoms with Crippen LogP contribution in [0.3, 0.4) is 0 Å². The van der Waals surface area contributed by atoms with E-state index in [-0.39, 0.29) is 5.88 Å². The Bertz CT molecular complexity index is 1190. The number of aliphatic imine (C=N–C) groups is 1. The second kappa shape index (κ2) is 10.2. The van der Waals surface area contributed by atoms with Gasteiger partial charge in [0.2, 0.25) is 5.88 Å². The lowest BCUT2D eigenvalue weighted by atomic mass is 9.81. The average molecular weight is 449 g/mol. The fourth-order valence-electron chi connectivity index (χ4n) is 4.52. The van der Waals surface area contributed by atoms with Crippen LogP contribution in [0.2, 0.25) is 5.02 Å². The SMILES string of the molecule is C=C(O)/N=C(/C)c1c(C)c(Cl)c(-c2ccc(C)c(C)c2C(C#N)=C(C)C)c(CC)c1CC. The first-order valence-corrected chi connectivity index (χ1v) is 11.3. The van der Waals surface area contributed by atoms with Crippen molar-refractivity contribution in [3.63, 3.8) is 0 Å². The number of benzene rings is 2. The van der Waals surface area contributed by atoms with E-state index in [1.807, 2.05) is 27.7 Å². The second-order valence-corrected chi connectivity index (χ2v) is 8.76. The molecule has 0 aromatic heterocycles. The quantitative estimate of drug-likeness (QED) is 0.275. The molecule has 0 aliphatic carbocycles. The summed E-state index contributed by atoms with van der Waals surface area (Å²) >= 11 is 7.08. The van der Waals surface area contributed by atoms with Crippen LogP contribution < -0.4 is 0 Å². The molecule has 0 radical (unpaired) electrons. The van der Waals surface area contributed by atoms with Crippen LogP contribution in [-0.4, -0.2) is 10.8 Å². The van der Waals surface area contributed by atoms with Crippen molar-refractivity contribution in [1.82, 2.24) is 0 Å². The zero-order chi connectivity index (χ0) is 24.3. The van der Waals surface area contributed by atoms with E-state index in [0.29, 0.717) is 16.3 Å². The summed E-state index contributed by atoms with van der Waals surface area (Å²) in [6.45, 7) is 19.7. The van der Waals surface area contributed by atoms with Crippen molar-refractivity contribution in [3.8, 4) is 17.2 Å². The number of nitrogens with zero attached hydrogens (tertiary/aromatic N) is 2. The summed E-state index contributed by atoms with van der Waals surface area (Å²) < 4.78 is 0. The molecule has 2 aromatic carbocycles. The molecule has 3 nitrogen and oxygen atoms in total. The first kappa shape index (κ1) is 25.4. The minimum atomic E-state index is -0.221. The van der Waals surface area contributed by atoms with Gasteiger partial charge < -0.3 is 5.11 Å². The van der Waals surface area contributed by atoms with Crippen LogP contribution in [0, 0.1) is 32.1 Å². The second-order valence-electron chi connectivity index (χ2n) is 8.38. The van der Waals surface area contributed by atoms with Crippen LogP contribution in [0.4, 0.5) is 0 Å². The Morgan fingerprint density at radius 1 is 1.03 bits per heavy atom. The molecular weight excluding hydrogens is 416 g/mol. The molecule has 0 unspecified atom stereocenters. The molecule has 0 heterocycles. The lowest BCUT2D eigenvalue weighted by Crippen LogP contribution is -2.11. The number of aryl methyl sites for hydroxylation is 1. The molecule has 4 heteroatoms. The number of halogens is 1. The standard InChI is InChI=1S/C28H33ClN2O/c1-10-21-22(11-2)27(28(29)18(7)25(21)19(8)31-20(9)32)23-13-12-16(5)17(6)26(23)24(14-30)15(3)4/h12-13,32H,9-11H2,1-8H3/b31-19-. The molecule has 0 amide bonds. The largest absolute Gasteiger partial charge is 0.494 e. The van der Waals surface area contributed by atoms with E-state index in [1.165, 1.54) is 0 Å². The normalized spacial score (nSPS) is 11.3. The van der Waals surface area contributed by atoms with Crippen LogP contribution in [0.5, 0.6) is 0 Å². The summed E-state index contributed by atoms with van der Waals surface area (Å²) in [5.41, 5.74) is 11.7. The monoisotopic (exact) mass is 448 g/mol. The van der Waals surface area contributed by atoms with Gasteiger partial charge in [-0.3, -0.25) is 0 Å². The summed E-state index contributed by atoms with van der Waals surface area (Å²) in [5.74, 6) is -0.221. The maximum absolute atomic E-state index is 10.0. The highest BCUT2D eigenvalue weighted by Gasteiger charge is 2.25. The van der Waals surface area contributed by atoms with Crippen LogP contribution in [0.15, 0.2) is 35.2 Å². The summed E-state index contributed by atoms with van der Waals surface area (Å²) in [7, 11) is 0. The first-order chi connectivity index (χ1) is 15.0. The Balaban J connectivity index is 3.14. The summed E-state index contributed by atoms with van der Waals surface area (Å²) in [6.07, 6.45) is 1.57. The van der Waals surface area contributed by atoms with Crippen molar-refractivity contribution in [2.45, 2.75) is 68.2 Å². The van der Waals surface area contributed by atoms with Gasteiger partial charge in [-0.15, -0.1) is 0 Å². The molecule has 0 aliphatic heterocycles. The first-order valence-electron chi connectivity index (χ1n) is 11.0. The lowest BCUT2D eigenvalue weighted by molar-refractivity contribution is 0.410. The van der Waals surface area contributed by atoms with E-state index < -0.39 is 0 Å². The highest BCUT2D eigenvalue weighted by molar-refractivity contribution is 6.35. The molecule has 0 atom stereocenters. The van der Waals surface area contributed by atoms with Gasteiger partial charge >= 0.3 is 0 Å². The number of aliphatic hydroxyl groups is 1. The van der Waals surface area contributed by atoms with Gasteiger partial charge in [0, 0.05) is 22.4 Å². The van der Waals surface area contributed by atoms with Crippen molar-refractivity contribution >= 4 is 22.9 Å². The van der Waals surface area contributed by atoms with Gasteiger partial charge in [0.15, 0.2) is 0 Å². The Morgan fingerprint density at radius 2 is 1.62 bits per heavy atom. The molecule has 0 saturated heterocycles. The molecule has 0 spiro atoms. The summed E-state index contributed by atoms with van der Waals surface area (Å²) in [6, 6.07) is 6.62. The average Bonchev–Trinajstić information content (AvgIpc) is 2.72. The molecule has 0 bridgehead atoms. The molecule has 168 valence electrons. The van der Waals surface area contributed by atoms with Crippen molar-refractivity contribution in [2.75, 3.05) is 0 Å². The highest BCUT2D eigenvalue weighted by Crippen LogP contribution is 2.44. The molecular formula is C28H33ClN2O. The number of hydrogen-bond donors (Lipinski definition) is 1. The van der Waals surface area contributed by atoms with Crippen LogP contribution >= 0.6 is 11.6 Å². The van der Waals surface area contributed by atoms with E-state index in [1.54, 1.807) is 0 Å². The van der Waals surface area contributed by atoms with Crippen LogP contribution in [0.1, 0.15) is 73.6 Å². The van der Waals surface area contributed by atoms with Crippen molar-refractivity contribution in [2.24, 2.45) is 4.99 Å². The minimum absolute atomic E-state index is 0.221. The van der Waals surface area contributed by atoms with Crippen LogP contribution in [-0.2, 0) is 12.8 Å². The van der Waals surface area contributed by atoms with Crippen molar-refractivity contribution in [1.29, 1.82) is 5.26 Å². The molecule has 0 saturated carbocycles. The van der Waals surface area contributed by atoms with Gasteiger partial charge in [-0.1, -0.05) is 43.2 Å². The zero-order valence-electron chi connectivity index (χ0n) is 20.5. The van der Waals surface area contributed by atoms with Gasteiger partial charge in [0.25, 0.3) is 0 Å². The van der Waals surface area contributed by atoms with E-state index in [4.69, 9.17) is 11.6 Å². The Morgan fingerprint density at radius 3 is 2.09 bits per heavy atom. The predicted molar refractivity (Wildman–Crippen MR) is 138 cm³/mol. The number of allylic oxidation sites excluding steroid dienone is 2. The van der Waals surface area contributed by atoms with E-state index in [0.717, 1.165) is 68.5 Å². The number of rotatable bonds is 6. The zero-order valence-corrected chi connectivity index (χ0v) is 21.3. The molecule has 1 N–H and O–H groups in total. The Hall–Kier alpha value is -2.83. The van der Waals surface area contributed by atoms with Gasteiger partial charge in [-0.25, -0.2) is 4.99 Å². The Labute approximate surface area is 197 Å². The van der Waals surface area contributed by atoms with Gasteiger partial charge in [0.05, 0.1) is 16.7 Å². The Kier molecular flexibility index (Phi) is 8.10. The molecule has 0 aliphatic rings. The van der Waals surface area contributed by atoms with E-state index in [9.17, 15) is 10.4 Å². The van der Waals surface area contributed by atoms with Gasteiger partial charge in [-0.05, 0) is 94.3 Å². The number of aliphatic hydroxyl groups excluding tert-OH is 1. The van der Waals surface area contributed by atoms with E-state index in [2.05, 4.69) is 57.5 Å². The highest BCUT2D eigenvalue weighted by atomic mass is 35.5. The molecule has 2 rings (SSSR count). The third-order valence-electron chi connectivity index (χ3n) is 6.12. The summed E-state index contributed by atoms with van der Waals surface area (Å²) in [4.78, 5) is 4.21. The van der Waals surface area contributed by atoms with Crippen molar-refractivity contribution < 1.29 is 5.11 Å². The maximum atomic E-state index is 10.0. The smallest absolute Gasteiger partial charge is 0.203 e. The third-order valence-corrected chi connectivity index (χ3v) is 6.60. The maximum Gasteiger partial charge on any atom is 0.203 e. The number of hydrogen-bond acceptors (Lipinski definition) is 3. The van der Waals surface area contributed by atoms with Gasteiger partial charge in [-0.2, -0.15) is 5.26 Å². The van der Waals surface area contributed by atoms with Crippen molar-refractivity contribution in [3.05, 3.63) is 74.1 Å². The summed E-state index contributed by atoms with van der Waals surface area (Å²) in [5, 5.41) is 20.3. The topological polar surface area (TPSA) is 56.4 Å². The number of nitriles is 1. The lowest BCUT2D eigenvalue weighted by Gasteiger charge is -2.25. The van der Waals surface area contributed by atoms with E-state index >= 15 is 0 Å². The molecule has 2 aromatic rings. The van der Waals surface area contributed by atoms with Crippen LogP contribution in [0.25, 0.3) is 16.7 Å². The van der Waals surface area contributed by atoms with Gasteiger partial charge in [0.1, 0.15) is 0 Å². The minimum Gasteiger partial charge on any atom is -0.494 e. The fraction of sp³-hybridized carbons (Fsp3) is 0.357. The third kappa shape index (κ3) is 4.52.